The highest BCUT2D eigenvalue weighted by Crippen LogP contribution is 2.22. The van der Waals surface area contributed by atoms with Gasteiger partial charge in [-0.15, -0.1) is 0 Å². The van der Waals surface area contributed by atoms with Gasteiger partial charge in [-0.25, -0.2) is 9.38 Å². The predicted octanol–water partition coefficient (Wildman–Crippen LogP) is 6.61. The van der Waals surface area contributed by atoms with Crippen molar-refractivity contribution in [2.24, 2.45) is 10.9 Å². The minimum atomic E-state index is 0.295. The molecule has 0 saturated heterocycles. The zero-order valence-electron chi connectivity index (χ0n) is 15.2. The van der Waals surface area contributed by atoms with Crippen LogP contribution in [0.25, 0.3) is 0 Å². The van der Waals surface area contributed by atoms with Crippen LogP contribution in [0.3, 0.4) is 0 Å². The quantitative estimate of drug-likeness (QED) is 0.239. The van der Waals surface area contributed by atoms with Crippen LogP contribution in [0.1, 0.15) is 52.9 Å². The van der Waals surface area contributed by atoms with E-state index < -0.39 is 0 Å². The highest BCUT2D eigenvalue weighted by Gasteiger charge is 2.14. The number of hydrogen-bond acceptors (Lipinski definition) is 2. The number of unbranched alkanes of at least 4 members (excludes halogenated alkanes) is 2. The number of rotatable bonds is 11. The van der Waals surface area contributed by atoms with E-state index in [9.17, 15) is 4.39 Å². The average molecular weight is 328 g/mol. The van der Waals surface area contributed by atoms with Crippen molar-refractivity contribution in [3.05, 3.63) is 60.6 Å². The first-order valence-corrected chi connectivity index (χ1v) is 8.44. The van der Waals surface area contributed by atoms with Gasteiger partial charge in [-0.05, 0) is 67.9 Å². The molecule has 0 saturated carbocycles. The summed E-state index contributed by atoms with van der Waals surface area (Å²) in [5, 5.41) is 8.63. The van der Waals surface area contributed by atoms with Crippen LogP contribution < -0.4 is 0 Å². The van der Waals surface area contributed by atoms with Crippen LogP contribution in [0.2, 0.25) is 0 Å². The molecule has 0 heterocycles. The summed E-state index contributed by atoms with van der Waals surface area (Å²) in [7, 11) is 0. The minimum Gasteiger partial charge on any atom is -0.249 e. The van der Waals surface area contributed by atoms with Crippen molar-refractivity contribution in [1.29, 1.82) is 5.26 Å². The maximum absolute atomic E-state index is 12.3. The number of nitrogens with zero attached hydrogens (tertiary/aromatic N) is 2. The van der Waals surface area contributed by atoms with Gasteiger partial charge in [-0.1, -0.05) is 33.1 Å². The molecule has 0 aliphatic carbocycles. The molecule has 0 radical (unpaired) electrons. The Hall–Kier alpha value is -2.21. The molecular weight excluding hydrogens is 299 g/mol. The summed E-state index contributed by atoms with van der Waals surface area (Å²) < 4.78 is 12.3. The second-order valence-corrected chi connectivity index (χ2v) is 5.67. The maximum atomic E-state index is 12.3. The van der Waals surface area contributed by atoms with E-state index in [1.54, 1.807) is 6.08 Å². The highest BCUT2D eigenvalue weighted by molar-refractivity contribution is 6.12. The van der Waals surface area contributed by atoms with E-state index in [4.69, 9.17) is 5.26 Å². The van der Waals surface area contributed by atoms with E-state index in [1.165, 1.54) is 6.08 Å². The summed E-state index contributed by atoms with van der Waals surface area (Å²) in [6, 6.07) is 2.15. The van der Waals surface area contributed by atoms with Gasteiger partial charge in [0.2, 0.25) is 0 Å². The Balaban J connectivity index is 5.52. The molecule has 0 bridgehead atoms. The van der Waals surface area contributed by atoms with E-state index >= 15 is 0 Å². The molecule has 0 aromatic rings. The Morgan fingerprint density at radius 1 is 1.33 bits per heavy atom. The molecule has 0 aromatic heterocycles. The molecule has 0 fully saturated rings. The molecule has 0 aromatic carbocycles. The molecule has 2 nitrogen and oxygen atoms in total. The van der Waals surface area contributed by atoms with E-state index in [0.29, 0.717) is 24.4 Å². The fraction of sp³-hybridized carbons (Fsp3) is 0.429. The topological polar surface area (TPSA) is 36.1 Å². The lowest BCUT2D eigenvalue weighted by molar-refractivity contribution is 0.678. The number of hydrogen-bond donors (Lipinski definition) is 0. The van der Waals surface area contributed by atoms with Crippen molar-refractivity contribution in [2.45, 2.75) is 52.9 Å². The van der Waals surface area contributed by atoms with Crippen LogP contribution in [0.4, 0.5) is 4.39 Å². The van der Waals surface area contributed by atoms with Crippen LogP contribution >= 0.6 is 0 Å². The highest BCUT2D eigenvalue weighted by atomic mass is 19.1. The number of aliphatic imine (C=N–C) groups is 1. The third-order valence-electron chi connectivity index (χ3n) is 3.78. The smallest absolute Gasteiger partial charge is 0.0867 e. The minimum absolute atomic E-state index is 0.295. The molecule has 0 aliphatic rings. The Bertz CT molecular complexity index is 571. The van der Waals surface area contributed by atoms with Crippen molar-refractivity contribution in [1.82, 2.24) is 0 Å². The molecule has 0 rings (SSSR count). The summed E-state index contributed by atoms with van der Waals surface area (Å²) >= 11 is 0. The number of nitriles is 1. The summed E-state index contributed by atoms with van der Waals surface area (Å²) in [5.74, 6) is 0.295. The van der Waals surface area contributed by atoms with E-state index in [0.717, 1.165) is 42.5 Å². The van der Waals surface area contributed by atoms with Crippen LogP contribution in [0, 0.1) is 17.2 Å². The predicted molar refractivity (Wildman–Crippen MR) is 102 cm³/mol. The SMILES string of the molecule is C=C(CCCCC#N)/C(=N/C(/C=C\C)=C/C=C/F)C(=C)C(C)CC. The molecular formula is C21H29FN2. The maximum Gasteiger partial charge on any atom is 0.0867 e. The van der Waals surface area contributed by atoms with E-state index in [1.807, 2.05) is 19.1 Å². The fourth-order valence-electron chi connectivity index (χ4n) is 2.08. The van der Waals surface area contributed by atoms with Crippen molar-refractivity contribution in [3.63, 3.8) is 0 Å². The number of allylic oxidation sites excluding steroid dienone is 6. The van der Waals surface area contributed by atoms with Gasteiger partial charge >= 0.3 is 0 Å². The molecule has 0 N–H and O–H groups in total. The molecule has 24 heavy (non-hydrogen) atoms. The summed E-state index contributed by atoms with van der Waals surface area (Å²) in [6.07, 6.45) is 11.1. The van der Waals surface area contributed by atoms with Crippen molar-refractivity contribution in [2.75, 3.05) is 0 Å². The summed E-state index contributed by atoms with van der Waals surface area (Å²) in [4.78, 5) is 4.68. The normalized spacial score (nSPS) is 14.1. The number of halogens is 1. The molecule has 1 atom stereocenters. The van der Waals surface area contributed by atoms with Gasteiger partial charge in [0.05, 0.1) is 23.8 Å². The largest absolute Gasteiger partial charge is 0.249 e. The Kier molecular flexibility index (Phi) is 12.0. The van der Waals surface area contributed by atoms with E-state index in [2.05, 4.69) is 38.1 Å². The van der Waals surface area contributed by atoms with Crippen LogP contribution in [-0.2, 0) is 0 Å². The van der Waals surface area contributed by atoms with Gasteiger partial charge in [-0.3, -0.25) is 0 Å². The third-order valence-corrected chi connectivity index (χ3v) is 3.78. The van der Waals surface area contributed by atoms with Gasteiger partial charge in [0.1, 0.15) is 0 Å². The molecule has 0 amide bonds. The molecule has 130 valence electrons. The summed E-state index contributed by atoms with van der Waals surface area (Å²) in [6.45, 7) is 14.5. The monoisotopic (exact) mass is 328 g/mol. The molecule has 3 heteroatoms. The third kappa shape index (κ3) is 8.43. The second-order valence-electron chi connectivity index (χ2n) is 5.67. The van der Waals surface area contributed by atoms with Crippen molar-refractivity contribution >= 4 is 5.71 Å². The Morgan fingerprint density at radius 3 is 2.58 bits per heavy atom. The zero-order valence-corrected chi connectivity index (χ0v) is 15.2. The average Bonchev–Trinajstić information content (AvgIpc) is 2.59. The molecule has 0 spiro atoms. The van der Waals surface area contributed by atoms with Gasteiger partial charge in [0.15, 0.2) is 0 Å². The molecule has 0 aliphatic heterocycles. The fourth-order valence-corrected chi connectivity index (χ4v) is 2.08. The van der Waals surface area contributed by atoms with Gasteiger partial charge in [0, 0.05) is 6.42 Å². The van der Waals surface area contributed by atoms with Crippen molar-refractivity contribution < 1.29 is 4.39 Å². The first-order chi connectivity index (χ1) is 11.5. The van der Waals surface area contributed by atoms with Crippen LogP contribution in [0.15, 0.2) is 65.6 Å². The molecule has 1 unspecified atom stereocenters. The van der Waals surface area contributed by atoms with Gasteiger partial charge in [-0.2, -0.15) is 5.26 Å². The standard InChI is InChI=1S/C21H29FN2/c1-6-12-20(14-11-15-22)24-21(19(5)17(3)7-2)18(4)13-9-8-10-16-23/h6,11-12,14-15,17H,4-5,7-10,13H2,1-3H3/b12-6-,15-11+,20-14+,24-21-. The van der Waals surface area contributed by atoms with Crippen molar-refractivity contribution in [3.8, 4) is 6.07 Å². The zero-order chi connectivity index (χ0) is 18.4. The lowest BCUT2D eigenvalue weighted by Gasteiger charge is -2.17. The second kappa shape index (κ2) is 13.2. The lowest BCUT2D eigenvalue weighted by Crippen LogP contribution is -2.12. The summed E-state index contributed by atoms with van der Waals surface area (Å²) in [5.41, 5.74) is 3.31. The van der Waals surface area contributed by atoms with Crippen LogP contribution in [0.5, 0.6) is 0 Å². The van der Waals surface area contributed by atoms with Gasteiger partial charge in [0.25, 0.3) is 0 Å². The van der Waals surface area contributed by atoms with E-state index in [-0.39, 0.29) is 0 Å². The van der Waals surface area contributed by atoms with Crippen LogP contribution in [-0.4, -0.2) is 5.71 Å². The first-order valence-electron chi connectivity index (χ1n) is 8.44. The van der Waals surface area contributed by atoms with Gasteiger partial charge < -0.3 is 0 Å². The Labute approximate surface area is 146 Å². The first kappa shape index (κ1) is 21.8. The Morgan fingerprint density at radius 2 is 2.04 bits per heavy atom. The lowest BCUT2D eigenvalue weighted by atomic mass is 9.90.